The second-order valence-corrected chi connectivity index (χ2v) is 5.21. The lowest BCUT2D eigenvalue weighted by Crippen LogP contribution is -2.15. The van der Waals surface area contributed by atoms with Crippen molar-refractivity contribution in [3.05, 3.63) is 47.6 Å². The van der Waals surface area contributed by atoms with E-state index in [0.717, 1.165) is 24.0 Å². The number of hydrogen-bond donors (Lipinski definition) is 0. The van der Waals surface area contributed by atoms with Crippen molar-refractivity contribution in [3.63, 3.8) is 0 Å². The normalized spacial score (nSPS) is 14.4. The second-order valence-electron chi connectivity index (χ2n) is 5.21. The number of benzene rings is 1. The van der Waals surface area contributed by atoms with Crippen molar-refractivity contribution < 1.29 is 9.53 Å². The van der Waals surface area contributed by atoms with Crippen molar-refractivity contribution in [2.45, 2.75) is 33.6 Å². The maximum atomic E-state index is 11.7. The molecular formula is C17H20O2. The Morgan fingerprint density at radius 3 is 2.74 bits per heavy atom. The van der Waals surface area contributed by atoms with Crippen LogP contribution in [0.4, 0.5) is 0 Å². The Morgan fingerprint density at radius 2 is 2.11 bits per heavy atom. The molecule has 1 aromatic rings. The number of carbonyl (C=O) groups is 1. The molecular weight excluding hydrogens is 236 g/mol. The van der Waals surface area contributed by atoms with Gasteiger partial charge in [0.05, 0.1) is 5.92 Å². The molecule has 19 heavy (non-hydrogen) atoms. The fourth-order valence-electron chi connectivity index (χ4n) is 1.98. The van der Waals surface area contributed by atoms with Gasteiger partial charge in [0.25, 0.3) is 0 Å². The number of aryl methyl sites for hydroxylation is 1. The molecule has 0 unspecified atom stereocenters. The van der Waals surface area contributed by atoms with Crippen molar-refractivity contribution in [2.24, 2.45) is 5.92 Å². The van der Waals surface area contributed by atoms with Gasteiger partial charge in [0.2, 0.25) is 0 Å². The van der Waals surface area contributed by atoms with Gasteiger partial charge in [-0.3, -0.25) is 4.79 Å². The molecule has 1 aromatic carbocycles. The Bertz CT molecular complexity index is 536. The number of allylic oxidation sites excluding steroid dienone is 4. The monoisotopic (exact) mass is 256 g/mol. The predicted octanol–water partition coefficient (Wildman–Crippen LogP) is 4.29. The average molecular weight is 256 g/mol. The van der Waals surface area contributed by atoms with Gasteiger partial charge in [-0.25, -0.2) is 0 Å². The third-order valence-electron chi connectivity index (χ3n) is 3.25. The van der Waals surface area contributed by atoms with Gasteiger partial charge in [0.1, 0.15) is 5.75 Å². The van der Waals surface area contributed by atoms with Crippen molar-refractivity contribution >= 4 is 11.5 Å². The smallest absolute Gasteiger partial charge is 0.313 e. The summed E-state index contributed by atoms with van der Waals surface area (Å²) in [5, 5.41) is 0. The van der Waals surface area contributed by atoms with E-state index in [9.17, 15) is 4.79 Å². The van der Waals surface area contributed by atoms with Gasteiger partial charge >= 0.3 is 5.97 Å². The van der Waals surface area contributed by atoms with Crippen LogP contribution >= 0.6 is 0 Å². The van der Waals surface area contributed by atoms with Gasteiger partial charge in [-0.1, -0.05) is 44.2 Å². The lowest BCUT2D eigenvalue weighted by Gasteiger charge is -2.13. The summed E-state index contributed by atoms with van der Waals surface area (Å²) in [6, 6.07) is 6.07. The van der Waals surface area contributed by atoms with Gasteiger partial charge < -0.3 is 4.74 Å². The largest absolute Gasteiger partial charge is 0.426 e. The Morgan fingerprint density at radius 1 is 1.32 bits per heavy atom. The second kappa shape index (κ2) is 5.87. The number of ether oxygens (including phenoxy) is 1. The summed E-state index contributed by atoms with van der Waals surface area (Å²) >= 11 is 0. The third kappa shape index (κ3) is 3.34. The molecule has 0 N–H and O–H groups in total. The Hall–Kier alpha value is -1.83. The maximum Gasteiger partial charge on any atom is 0.313 e. The molecule has 0 heterocycles. The van der Waals surface area contributed by atoms with E-state index in [4.69, 9.17) is 4.74 Å². The van der Waals surface area contributed by atoms with E-state index in [0.29, 0.717) is 5.75 Å². The quantitative estimate of drug-likeness (QED) is 0.595. The molecule has 1 aliphatic carbocycles. The fourth-order valence-corrected chi connectivity index (χ4v) is 1.98. The minimum atomic E-state index is -0.183. The van der Waals surface area contributed by atoms with Crippen molar-refractivity contribution in [2.75, 3.05) is 0 Å². The molecule has 0 fully saturated rings. The SMILES string of the molecule is Cc1ccc(C2=CC=CCC2)cc1OC(=O)C(C)C. The number of esters is 1. The zero-order valence-electron chi connectivity index (χ0n) is 11.8. The zero-order chi connectivity index (χ0) is 13.8. The molecule has 1 aliphatic rings. The number of rotatable bonds is 3. The molecule has 0 amide bonds. The highest BCUT2D eigenvalue weighted by molar-refractivity contribution is 5.76. The van der Waals surface area contributed by atoms with Crippen LogP contribution in [0.25, 0.3) is 5.57 Å². The highest BCUT2D eigenvalue weighted by Gasteiger charge is 2.13. The first kappa shape index (κ1) is 13.6. The topological polar surface area (TPSA) is 26.3 Å². The minimum absolute atomic E-state index is 0.111. The first-order valence-electron chi connectivity index (χ1n) is 6.76. The van der Waals surface area contributed by atoms with E-state index in [2.05, 4.69) is 24.3 Å². The zero-order valence-corrected chi connectivity index (χ0v) is 11.8. The van der Waals surface area contributed by atoms with Crippen molar-refractivity contribution in [3.8, 4) is 5.75 Å². The van der Waals surface area contributed by atoms with Crippen LogP contribution in [-0.4, -0.2) is 5.97 Å². The van der Waals surface area contributed by atoms with Crippen LogP contribution in [-0.2, 0) is 4.79 Å². The van der Waals surface area contributed by atoms with Crippen LogP contribution in [0.1, 0.15) is 37.8 Å². The highest BCUT2D eigenvalue weighted by Crippen LogP contribution is 2.28. The summed E-state index contributed by atoms with van der Waals surface area (Å²) in [6.45, 7) is 5.65. The third-order valence-corrected chi connectivity index (χ3v) is 3.25. The molecule has 0 saturated carbocycles. The maximum absolute atomic E-state index is 11.7. The van der Waals surface area contributed by atoms with Gasteiger partial charge in [-0.2, -0.15) is 0 Å². The van der Waals surface area contributed by atoms with Crippen LogP contribution in [0.5, 0.6) is 5.75 Å². The molecule has 100 valence electrons. The molecule has 2 nitrogen and oxygen atoms in total. The molecule has 0 bridgehead atoms. The van der Waals surface area contributed by atoms with E-state index in [-0.39, 0.29) is 11.9 Å². The van der Waals surface area contributed by atoms with Gasteiger partial charge in [-0.15, -0.1) is 0 Å². The summed E-state index contributed by atoms with van der Waals surface area (Å²) in [4.78, 5) is 11.7. The van der Waals surface area contributed by atoms with Gasteiger partial charge in [-0.05, 0) is 42.5 Å². The standard InChI is InChI=1S/C17H20O2/c1-12(2)17(18)19-16-11-15(10-9-13(16)3)14-7-5-4-6-8-14/h4-5,7,9-12H,6,8H2,1-3H3. The predicted molar refractivity (Wildman–Crippen MR) is 78.0 cm³/mol. The lowest BCUT2D eigenvalue weighted by molar-refractivity contribution is -0.137. The van der Waals surface area contributed by atoms with Crippen LogP contribution in [0, 0.1) is 12.8 Å². The lowest BCUT2D eigenvalue weighted by atomic mass is 9.96. The number of hydrogen-bond acceptors (Lipinski definition) is 2. The minimum Gasteiger partial charge on any atom is -0.426 e. The molecule has 2 heteroatoms. The summed E-state index contributed by atoms with van der Waals surface area (Å²) in [5.41, 5.74) is 3.43. The number of carbonyl (C=O) groups excluding carboxylic acids is 1. The average Bonchev–Trinajstić information content (AvgIpc) is 2.42. The van der Waals surface area contributed by atoms with Gasteiger partial charge in [0, 0.05) is 0 Å². The molecule has 0 aliphatic heterocycles. The van der Waals surface area contributed by atoms with Crippen molar-refractivity contribution in [1.29, 1.82) is 0 Å². The Labute approximate surface area is 114 Å². The van der Waals surface area contributed by atoms with Crippen LogP contribution in [0.3, 0.4) is 0 Å². The molecule has 0 spiro atoms. The Balaban J connectivity index is 2.27. The molecule has 0 saturated heterocycles. The fraction of sp³-hybridized carbons (Fsp3) is 0.353. The summed E-state index contributed by atoms with van der Waals surface area (Å²) in [7, 11) is 0. The first-order chi connectivity index (χ1) is 9.08. The van der Waals surface area contributed by atoms with Crippen LogP contribution in [0.15, 0.2) is 36.4 Å². The summed E-state index contributed by atoms with van der Waals surface area (Å²) in [5.74, 6) is 0.379. The summed E-state index contributed by atoms with van der Waals surface area (Å²) < 4.78 is 5.45. The van der Waals surface area contributed by atoms with E-state index < -0.39 is 0 Å². The highest BCUT2D eigenvalue weighted by atomic mass is 16.5. The van der Waals surface area contributed by atoms with E-state index in [1.165, 1.54) is 5.57 Å². The molecule has 0 aromatic heterocycles. The Kier molecular flexibility index (Phi) is 4.20. The van der Waals surface area contributed by atoms with Crippen molar-refractivity contribution in [1.82, 2.24) is 0 Å². The van der Waals surface area contributed by atoms with E-state index in [1.807, 2.05) is 32.9 Å². The first-order valence-corrected chi connectivity index (χ1v) is 6.76. The van der Waals surface area contributed by atoms with E-state index >= 15 is 0 Å². The summed E-state index contributed by atoms with van der Waals surface area (Å²) in [6.07, 6.45) is 8.48. The molecule has 0 atom stereocenters. The van der Waals surface area contributed by atoms with Gasteiger partial charge in [0.15, 0.2) is 0 Å². The van der Waals surface area contributed by atoms with Crippen LogP contribution < -0.4 is 4.74 Å². The molecule has 0 radical (unpaired) electrons. The molecule has 2 rings (SSSR count). The van der Waals surface area contributed by atoms with Crippen LogP contribution in [0.2, 0.25) is 0 Å². The van der Waals surface area contributed by atoms with E-state index in [1.54, 1.807) is 0 Å².